The van der Waals surface area contributed by atoms with Crippen molar-refractivity contribution in [2.24, 2.45) is 5.18 Å². The summed E-state index contributed by atoms with van der Waals surface area (Å²) in [6.07, 6.45) is 0. The van der Waals surface area contributed by atoms with Crippen LogP contribution in [0.25, 0.3) is 0 Å². The SMILES string of the molecule is O=Nc1cc(O)cc(Br)c1. The molecule has 0 aliphatic carbocycles. The predicted molar refractivity (Wildman–Crippen MR) is 41.3 cm³/mol. The minimum Gasteiger partial charge on any atom is -0.508 e. The Balaban J connectivity index is 3.18. The Kier molecular flexibility index (Phi) is 2.01. The highest BCUT2D eigenvalue weighted by molar-refractivity contribution is 9.10. The maximum absolute atomic E-state index is 9.93. The zero-order valence-electron chi connectivity index (χ0n) is 4.91. The van der Waals surface area contributed by atoms with Crippen LogP contribution in [0.15, 0.2) is 27.8 Å². The summed E-state index contributed by atoms with van der Waals surface area (Å²) in [5.74, 6) is 0.0315. The summed E-state index contributed by atoms with van der Waals surface area (Å²) in [4.78, 5) is 9.93. The standard InChI is InChI=1S/C6H4BrNO2/c7-4-1-5(8-10)3-6(9)2-4/h1-3,9H. The quantitative estimate of drug-likeness (QED) is 0.711. The first-order valence-electron chi connectivity index (χ1n) is 2.55. The van der Waals surface area contributed by atoms with Crippen molar-refractivity contribution in [3.8, 4) is 5.75 Å². The number of nitrogens with zero attached hydrogens (tertiary/aromatic N) is 1. The molecular formula is C6H4BrNO2. The average Bonchev–Trinajstić information content (AvgIpc) is 1.85. The second kappa shape index (κ2) is 2.79. The van der Waals surface area contributed by atoms with Crippen molar-refractivity contribution in [3.05, 3.63) is 27.6 Å². The van der Waals surface area contributed by atoms with Gasteiger partial charge in [0.15, 0.2) is 0 Å². The topological polar surface area (TPSA) is 49.7 Å². The molecule has 0 atom stereocenters. The first kappa shape index (κ1) is 7.21. The zero-order valence-corrected chi connectivity index (χ0v) is 6.50. The van der Waals surface area contributed by atoms with Crippen LogP contribution in [0.1, 0.15) is 0 Å². The van der Waals surface area contributed by atoms with E-state index in [0.29, 0.717) is 4.47 Å². The third-order valence-electron chi connectivity index (χ3n) is 0.973. The lowest BCUT2D eigenvalue weighted by Crippen LogP contribution is -1.66. The van der Waals surface area contributed by atoms with Gasteiger partial charge in [-0.25, -0.2) is 0 Å². The first-order chi connectivity index (χ1) is 4.72. The number of nitroso groups, excluding NO2 is 1. The lowest BCUT2D eigenvalue weighted by atomic mass is 10.3. The van der Waals surface area contributed by atoms with Gasteiger partial charge in [-0.3, -0.25) is 0 Å². The molecule has 0 aromatic heterocycles. The van der Waals surface area contributed by atoms with E-state index in [2.05, 4.69) is 21.1 Å². The van der Waals surface area contributed by atoms with Gasteiger partial charge < -0.3 is 5.11 Å². The Labute approximate surface area is 65.8 Å². The second-order valence-electron chi connectivity index (χ2n) is 1.76. The fraction of sp³-hybridized carbons (Fsp3) is 0. The molecule has 3 nitrogen and oxygen atoms in total. The fourth-order valence-corrected chi connectivity index (χ4v) is 1.08. The molecule has 1 rings (SSSR count). The summed E-state index contributed by atoms with van der Waals surface area (Å²) < 4.78 is 0.641. The first-order valence-corrected chi connectivity index (χ1v) is 3.34. The van der Waals surface area contributed by atoms with E-state index in [1.54, 1.807) is 0 Å². The molecule has 52 valence electrons. The molecule has 0 fully saturated rings. The van der Waals surface area contributed by atoms with E-state index in [-0.39, 0.29) is 11.4 Å². The molecule has 10 heavy (non-hydrogen) atoms. The lowest BCUT2D eigenvalue weighted by molar-refractivity contribution is 0.475. The number of rotatable bonds is 1. The number of phenolic OH excluding ortho intramolecular Hbond substituents is 1. The highest BCUT2D eigenvalue weighted by Gasteiger charge is 1.95. The third kappa shape index (κ3) is 1.54. The van der Waals surface area contributed by atoms with Crippen LogP contribution < -0.4 is 0 Å². The van der Waals surface area contributed by atoms with E-state index in [1.165, 1.54) is 18.2 Å². The van der Waals surface area contributed by atoms with E-state index in [0.717, 1.165) is 0 Å². The van der Waals surface area contributed by atoms with Crippen LogP contribution in [-0.2, 0) is 0 Å². The van der Waals surface area contributed by atoms with E-state index >= 15 is 0 Å². The van der Waals surface area contributed by atoms with Crippen molar-refractivity contribution in [3.63, 3.8) is 0 Å². The zero-order chi connectivity index (χ0) is 7.56. The number of halogens is 1. The summed E-state index contributed by atoms with van der Waals surface area (Å²) in [6, 6.07) is 4.29. The number of hydrogen-bond acceptors (Lipinski definition) is 3. The van der Waals surface area contributed by atoms with Crippen molar-refractivity contribution in [2.45, 2.75) is 0 Å². The van der Waals surface area contributed by atoms with Gasteiger partial charge in [0.2, 0.25) is 0 Å². The largest absolute Gasteiger partial charge is 0.508 e. The van der Waals surface area contributed by atoms with Crippen LogP contribution >= 0.6 is 15.9 Å². The Morgan fingerprint density at radius 2 is 2.10 bits per heavy atom. The van der Waals surface area contributed by atoms with Crippen LogP contribution in [0.2, 0.25) is 0 Å². The molecule has 0 saturated heterocycles. The summed E-state index contributed by atoms with van der Waals surface area (Å²) in [6.45, 7) is 0. The van der Waals surface area contributed by atoms with Crippen molar-refractivity contribution >= 4 is 21.6 Å². The van der Waals surface area contributed by atoms with Crippen LogP contribution in [0.3, 0.4) is 0 Å². The summed E-state index contributed by atoms with van der Waals surface area (Å²) in [7, 11) is 0. The van der Waals surface area contributed by atoms with Gasteiger partial charge in [-0.2, -0.15) is 0 Å². The molecule has 0 aliphatic heterocycles. The Bertz CT molecular complexity index is 242. The molecule has 0 aliphatic rings. The molecule has 1 N–H and O–H groups in total. The highest BCUT2D eigenvalue weighted by Crippen LogP contribution is 2.24. The summed E-state index contributed by atoms with van der Waals surface area (Å²) in [5.41, 5.74) is 0.215. The Morgan fingerprint density at radius 1 is 1.40 bits per heavy atom. The monoisotopic (exact) mass is 201 g/mol. The van der Waals surface area contributed by atoms with Gasteiger partial charge in [-0.15, -0.1) is 4.91 Å². The highest BCUT2D eigenvalue weighted by atomic mass is 79.9. The molecule has 0 amide bonds. The van der Waals surface area contributed by atoms with E-state index in [1.807, 2.05) is 0 Å². The van der Waals surface area contributed by atoms with E-state index in [4.69, 9.17) is 5.11 Å². The Hall–Kier alpha value is -0.900. The van der Waals surface area contributed by atoms with Gasteiger partial charge in [-0.1, -0.05) is 15.9 Å². The summed E-state index contributed by atoms with van der Waals surface area (Å²) >= 11 is 3.09. The van der Waals surface area contributed by atoms with Gasteiger partial charge in [0.05, 0.1) is 0 Å². The molecule has 0 radical (unpaired) electrons. The number of phenols is 1. The maximum atomic E-state index is 9.93. The van der Waals surface area contributed by atoms with Gasteiger partial charge in [-0.05, 0) is 17.3 Å². The van der Waals surface area contributed by atoms with E-state index < -0.39 is 0 Å². The van der Waals surface area contributed by atoms with Crippen LogP contribution in [0.4, 0.5) is 5.69 Å². The average molecular weight is 202 g/mol. The lowest BCUT2D eigenvalue weighted by Gasteiger charge is -1.92. The number of aromatic hydroxyl groups is 1. The van der Waals surface area contributed by atoms with Gasteiger partial charge in [0, 0.05) is 10.5 Å². The maximum Gasteiger partial charge on any atom is 0.118 e. The molecule has 0 bridgehead atoms. The van der Waals surface area contributed by atoms with Crippen molar-refractivity contribution in [1.29, 1.82) is 0 Å². The minimum absolute atomic E-state index is 0.0315. The van der Waals surface area contributed by atoms with E-state index in [9.17, 15) is 4.91 Å². The molecule has 4 heteroatoms. The molecule has 0 heterocycles. The van der Waals surface area contributed by atoms with Gasteiger partial charge in [0.1, 0.15) is 11.4 Å². The second-order valence-corrected chi connectivity index (χ2v) is 2.67. The summed E-state index contributed by atoms with van der Waals surface area (Å²) in [5, 5.41) is 11.5. The predicted octanol–water partition coefficient (Wildman–Crippen LogP) is 2.55. The van der Waals surface area contributed by atoms with Crippen LogP contribution in [0, 0.1) is 4.91 Å². The van der Waals surface area contributed by atoms with Gasteiger partial charge in [0.25, 0.3) is 0 Å². The molecule has 1 aromatic carbocycles. The molecule has 1 aromatic rings. The smallest absolute Gasteiger partial charge is 0.118 e. The van der Waals surface area contributed by atoms with Crippen molar-refractivity contribution in [1.82, 2.24) is 0 Å². The molecule has 0 spiro atoms. The number of benzene rings is 1. The normalized spacial score (nSPS) is 9.30. The van der Waals surface area contributed by atoms with Crippen LogP contribution in [-0.4, -0.2) is 5.11 Å². The molecular weight excluding hydrogens is 198 g/mol. The molecule has 0 saturated carbocycles. The number of hydrogen-bond donors (Lipinski definition) is 1. The van der Waals surface area contributed by atoms with Crippen LogP contribution in [0.5, 0.6) is 5.75 Å². The minimum atomic E-state index is 0.0315. The fourth-order valence-electron chi connectivity index (χ4n) is 0.612. The third-order valence-corrected chi connectivity index (χ3v) is 1.43. The Morgan fingerprint density at radius 3 is 2.60 bits per heavy atom. The van der Waals surface area contributed by atoms with Crippen molar-refractivity contribution < 1.29 is 5.11 Å². The van der Waals surface area contributed by atoms with Crippen molar-refractivity contribution in [2.75, 3.05) is 0 Å². The van der Waals surface area contributed by atoms with Gasteiger partial charge >= 0.3 is 0 Å². The molecule has 0 unspecified atom stereocenters.